The third kappa shape index (κ3) is 1.62. The number of hydrogen-bond acceptors (Lipinski definition) is 4. The van der Waals surface area contributed by atoms with Gasteiger partial charge in [-0.2, -0.15) is 0 Å². The molecule has 0 atom stereocenters. The summed E-state index contributed by atoms with van der Waals surface area (Å²) in [6.45, 7) is 0. The molecule has 4 nitrogen and oxygen atoms in total. The summed E-state index contributed by atoms with van der Waals surface area (Å²) in [6, 6.07) is 3.39. The topological polar surface area (TPSA) is 55.7 Å². The Labute approximate surface area is 92.2 Å². The Morgan fingerprint density at radius 1 is 1.31 bits per heavy atom. The molecule has 0 aromatic heterocycles. The molecule has 0 radical (unpaired) electrons. The average Bonchev–Trinajstić information content (AvgIpc) is 2.36. The molecule has 16 heavy (non-hydrogen) atoms. The monoisotopic (exact) mass is 217 g/mol. The van der Waals surface area contributed by atoms with E-state index in [0.717, 1.165) is 23.3 Å². The highest BCUT2D eigenvalue weighted by molar-refractivity contribution is 5.95. The average molecular weight is 217 g/mol. The zero-order chi connectivity index (χ0) is 11.5. The van der Waals surface area contributed by atoms with Crippen molar-refractivity contribution < 1.29 is 9.53 Å². The largest absolute Gasteiger partial charge is 0.465 e. The van der Waals surface area contributed by atoms with Gasteiger partial charge in [-0.15, -0.1) is 4.91 Å². The molecule has 1 aliphatic rings. The van der Waals surface area contributed by atoms with Crippen molar-refractivity contribution in [3.63, 3.8) is 0 Å². The van der Waals surface area contributed by atoms with E-state index in [-0.39, 0.29) is 11.3 Å². The van der Waals surface area contributed by atoms with Crippen LogP contribution in [0.3, 0.4) is 0 Å². The standard InChI is InChI=1S/C12H11NO3/c1-16-12(14)10-7-6-8-4-2-3-5-9(8)11(10)13-15/h4-7H,2-3H2,1H3. The summed E-state index contributed by atoms with van der Waals surface area (Å²) in [5.41, 5.74) is 0.406. The normalized spacial score (nSPS) is 13.1. The molecule has 82 valence electrons. The van der Waals surface area contributed by atoms with Crippen LogP contribution in [0.4, 0.5) is 5.69 Å². The number of methoxy groups -OCH3 is 1. The van der Waals surface area contributed by atoms with E-state index < -0.39 is 5.97 Å². The van der Waals surface area contributed by atoms with Crippen LogP contribution in [-0.2, 0) is 4.74 Å². The Morgan fingerprint density at radius 3 is 2.75 bits per heavy atom. The molecule has 1 aromatic carbocycles. The van der Waals surface area contributed by atoms with Gasteiger partial charge in [0.2, 0.25) is 0 Å². The molecule has 1 aliphatic carbocycles. The fourth-order valence-electron chi connectivity index (χ4n) is 1.86. The van der Waals surface area contributed by atoms with Gasteiger partial charge in [-0.05, 0) is 29.3 Å². The van der Waals surface area contributed by atoms with Crippen LogP contribution in [0.15, 0.2) is 17.3 Å². The van der Waals surface area contributed by atoms with Crippen molar-refractivity contribution in [1.29, 1.82) is 0 Å². The van der Waals surface area contributed by atoms with Gasteiger partial charge in [0.05, 0.1) is 12.7 Å². The second-order valence-electron chi connectivity index (χ2n) is 3.53. The lowest BCUT2D eigenvalue weighted by atomic mass is 10.0. The Bertz CT molecular complexity index is 560. The SMILES string of the molecule is COC(=O)c1ccc2c(c1N=O)=CCCC=2. The van der Waals surface area contributed by atoms with Crippen LogP contribution in [0.25, 0.3) is 12.2 Å². The Balaban J connectivity index is 2.77. The molecule has 0 spiro atoms. The molecule has 0 unspecified atom stereocenters. The number of fused-ring (bicyclic) bond motifs is 1. The molecule has 4 heteroatoms. The van der Waals surface area contributed by atoms with Gasteiger partial charge in [-0.25, -0.2) is 4.79 Å². The summed E-state index contributed by atoms with van der Waals surface area (Å²) < 4.78 is 4.61. The summed E-state index contributed by atoms with van der Waals surface area (Å²) in [5.74, 6) is -0.531. The molecule has 0 bridgehead atoms. The van der Waals surface area contributed by atoms with E-state index in [0.29, 0.717) is 0 Å². The highest BCUT2D eigenvalue weighted by Crippen LogP contribution is 2.14. The number of hydrogen-bond donors (Lipinski definition) is 0. The van der Waals surface area contributed by atoms with Crippen molar-refractivity contribution in [1.82, 2.24) is 0 Å². The summed E-state index contributed by atoms with van der Waals surface area (Å²) in [7, 11) is 1.28. The maximum atomic E-state index is 11.4. The second-order valence-corrected chi connectivity index (χ2v) is 3.53. The minimum absolute atomic E-state index is 0.181. The lowest BCUT2D eigenvalue weighted by molar-refractivity contribution is 0.0601. The van der Waals surface area contributed by atoms with Crippen molar-refractivity contribution in [2.45, 2.75) is 12.8 Å². The number of esters is 1. The predicted octanol–water partition coefficient (Wildman–Crippen LogP) is 1.23. The van der Waals surface area contributed by atoms with E-state index >= 15 is 0 Å². The van der Waals surface area contributed by atoms with Gasteiger partial charge in [0, 0.05) is 5.22 Å². The summed E-state index contributed by atoms with van der Waals surface area (Å²) in [6.07, 6.45) is 5.77. The molecule has 0 amide bonds. The number of carbonyl (C=O) groups is 1. The van der Waals surface area contributed by atoms with Gasteiger partial charge in [0.15, 0.2) is 0 Å². The van der Waals surface area contributed by atoms with Crippen molar-refractivity contribution >= 4 is 23.8 Å². The first-order valence-corrected chi connectivity index (χ1v) is 5.03. The van der Waals surface area contributed by atoms with Gasteiger partial charge < -0.3 is 4.74 Å². The van der Waals surface area contributed by atoms with E-state index in [4.69, 9.17) is 0 Å². The number of ether oxygens (including phenoxy) is 1. The van der Waals surface area contributed by atoms with Gasteiger partial charge in [0.25, 0.3) is 0 Å². The summed E-state index contributed by atoms with van der Waals surface area (Å²) in [4.78, 5) is 22.3. The first-order chi connectivity index (χ1) is 7.77. The Hall–Kier alpha value is -1.97. The van der Waals surface area contributed by atoms with Gasteiger partial charge in [-0.1, -0.05) is 18.2 Å². The van der Waals surface area contributed by atoms with Crippen LogP contribution in [-0.4, -0.2) is 13.1 Å². The Morgan fingerprint density at radius 2 is 2.06 bits per heavy atom. The second kappa shape index (κ2) is 4.26. The van der Waals surface area contributed by atoms with E-state index in [1.807, 2.05) is 18.2 Å². The van der Waals surface area contributed by atoms with Crippen molar-refractivity contribution in [2.75, 3.05) is 7.11 Å². The molecule has 0 aliphatic heterocycles. The number of carbonyl (C=O) groups excluding carboxylic acids is 1. The zero-order valence-electron chi connectivity index (χ0n) is 8.90. The highest BCUT2D eigenvalue weighted by atomic mass is 16.5. The minimum atomic E-state index is -0.531. The first-order valence-electron chi connectivity index (χ1n) is 5.03. The van der Waals surface area contributed by atoms with Crippen LogP contribution in [0.2, 0.25) is 0 Å². The molecule has 0 fully saturated rings. The third-order valence-corrected chi connectivity index (χ3v) is 2.63. The quantitative estimate of drug-likeness (QED) is 0.553. The lowest BCUT2D eigenvalue weighted by Gasteiger charge is -2.05. The molecular weight excluding hydrogens is 206 g/mol. The van der Waals surface area contributed by atoms with Gasteiger partial charge in [-0.3, -0.25) is 0 Å². The van der Waals surface area contributed by atoms with E-state index in [2.05, 4.69) is 9.91 Å². The first kappa shape index (κ1) is 10.5. The molecule has 1 aromatic rings. The van der Waals surface area contributed by atoms with Crippen LogP contribution in [0, 0.1) is 4.91 Å². The van der Waals surface area contributed by atoms with Crippen LogP contribution >= 0.6 is 0 Å². The molecule has 0 N–H and O–H groups in total. The molecule has 2 rings (SSSR count). The number of rotatable bonds is 2. The van der Waals surface area contributed by atoms with Crippen LogP contribution in [0.5, 0.6) is 0 Å². The predicted molar refractivity (Wildman–Crippen MR) is 60.7 cm³/mol. The maximum Gasteiger partial charge on any atom is 0.340 e. The summed E-state index contributed by atoms with van der Waals surface area (Å²) in [5, 5.41) is 4.64. The van der Waals surface area contributed by atoms with E-state index in [1.54, 1.807) is 6.07 Å². The molecule has 0 saturated heterocycles. The highest BCUT2D eigenvalue weighted by Gasteiger charge is 2.14. The van der Waals surface area contributed by atoms with Gasteiger partial charge in [0.1, 0.15) is 5.69 Å². The zero-order valence-corrected chi connectivity index (χ0v) is 8.90. The van der Waals surface area contributed by atoms with Gasteiger partial charge >= 0.3 is 5.97 Å². The van der Waals surface area contributed by atoms with Crippen LogP contribution in [0.1, 0.15) is 23.2 Å². The fraction of sp³-hybridized carbons (Fsp3) is 0.250. The number of nitrogens with zero attached hydrogens (tertiary/aromatic N) is 1. The van der Waals surface area contributed by atoms with Crippen molar-refractivity contribution in [3.8, 4) is 0 Å². The van der Waals surface area contributed by atoms with Crippen molar-refractivity contribution in [3.05, 3.63) is 33.0 Å². The van der Waals surface area contributed by atoms with Crippen molar-refractivity contribution in [2.24, 2.45) is 5.18 Å². The number of nitroso groups, excluding NO2 is 1. The fourth-order valence-corrected chi connectivity index (χ4v) is 1.86. The van der Waals surface area contributed by atoms with E-state index in [1.165, 1.54) is 7.11 Å². The molecule has 0 saturated carbocycles. The lowest BCUT2D eigenvalue weighted by Crippen LogP contribution is -2.28. The van der Waals surface area contributed by atoms with E-state index in [9.17, 15) is 9.70 Å². The number of benzene rings is 1. The Kier molecular flexibility index (Phi) is 2.81. The summed E-state index contributed by atoms with van der Waals surface area (Å²) >= 11 is 0. The van der Waals surface area contributed by atoms with Crippen LogP contribution < -0.4 is 10.4 Å². The molecular formula is C12H11NO3. The maximum absolute atomic E-state index is 11.4. The minimum Gasteiger partial charge on any atom is -0.465 e. The molecule has 0 heterocycles. The third-order valence-electron chi connectivity index (χ3n) is 2.63. The smallest absolute Gasteiger partial charge is 0.340 e.